The van der Waals surface area contributed by atoms with Gasteiger partial charge in [-0.15, -0.1) is 0 Å². The summed E-state index contributed by atoms with van der Waals surface area (Å²) in [7, 11) is 0. The van der Waals surface area contributed by atoms with Crippen molar-refractivity contribution in [1.29, 1.82) is 0 Å². The first-order chi connectivity index (χ1) is 20.5. The number of para-hydroxylation sites is 1. The highest BCUT2D eigenvalue weighted by atomic mass is 16.5. The highest BCUT2D eigenvalue weighted by molar-refractivity contribution is 6.09. The summed E-state index contributed by atoms with van der Waals surface area (Å²) in [6.45, 7) is 11.1. The second-order valence-electron chi connectivity index (χ2n) is 10.8. The Morgan fingerprint density at radius 2 is 1.19 bits per heavy atom. The summed E-state index contributed by atoms with van der Waals surface area (Å²) in [6, 6.07) is 29.8. The van der Waals surface area contributed by atoms with Crippen LogP contribution in [0.15, 0.2) is 91.0 Å². The Morgan fingerprint density at radius 1 is 0.667 bits per heavy atom. The Labute approximate surface area is 249 Å². The van der Waals surface area contributed by atoms with E-state index in [1.165, 1.54) is 5.56 Å². The van der Waals surface area contributed by atoms with Gasteiger partial charge in [-0.25, -0.2) is 0 Å². The molecule has 0 aliphatic carbocycles. The van der Waals surface area contributed by atoms with Gasteiger partial charge >= 0.3 is 0 Å². The van der Waals surface area contributed by atoms with Gasteiger partial charge in [0.15, 0.2) is 5.78 Å². The molecule has 2 fully saturated rings. The molecule has 0 radical (unpaired) electrons. The number of carbonyl (C=O) groups excluding carboxylic acids is 1. The molecule has 0 aromatic heterocycles. The molecule has 2 N–H and O–H groups in total. The second kappa shape index (κ2) is 14.4. The molecule has 0 amide bonds. The number of ketones is 1. The molecular weight excluding hydrogens is 524 g/mol. The van der Waals surface area contributed by atoms with E-state index in [9.17, 15) is 4.79 Å². The first-order valence-electron chi connectivity index (χ1n) is 14.7. The van der Waals surface area contributed by atoms with Crippen LogP contribution < -0.4 is 15.4 Å². The zero-order chi connectivity index (χ0) is 29.3. The predicted molar refractivity (Wildman–Crippen MR) is 167 cm³/mol. The normalized spacial score (nSPS) is 18.5. The SMILES string of the molecule is Cc1cccc(C)c1Oc1ccc(C2CNCCO2)cc1.Cc1ccccc1C(=O)c1ccc(C2CNCCO2)cc1. The van der Waals surface area contributed by atoms with Gasteiger partial charge < -0.3 is 24.8 Å². The molecule has 0 saturated carbocycles. The van der Waals surface area contributed by atoms with Gasteiger partial charge in [0.25, 0.3) is 0 Å². The third-order valence-electron chi connectivity index (χ3n) is 7.67. The van der Waals surface area contributed by atoms with Crippen molar-refractivity contribution < 1.29 is 19.0 Å². The van der Waals surface area contributed by atoms with E-state index >= 15 is 0 Å². The van der Waals surface area contributed by atoms with Crippen molar-refractivity contribution in [3.05, 3.63) is 130 Å². The smallest absolute Gasteiger partial charge is 0.193 e. The third-order valence-corrected chi connectivity index (χ3v) is 7.67. The van der Waals surface area contributed by atoms with Crippen molar-refractivity contribution in [2.45, 2.75) is 33.0 Å². The van der Waals surface area contributed by atoms with Crippen LogP contribution in [0.1, 0.15) is 55.9 Å². The maximum absolute atomic E-state index is 12.5. The molecule has 2 aliphatic rings. The zero-order valence-electron chi connectivity index (χ0n) is 24.7. The molecule has 6 heteroatoms. The molecule has 4 aromatic rings. The minimum absolute atomic E-state index is 0.0716. The maximum atomic E-state index is 12.5. The van der Waals surface area contributed by atoms with E-state index in [4.69, 9.17) is 14.2 Å². The van der Waals surface area contributed by atoms with Crippen LogP contribution in [0.25, 0.3) is 0 Å². The molecule has 0 spiro atoms. The molecule has 4 aromatic carbocycles. The van der Waals surface area contributed by atoms with Crippen molar-refractivity contribution in [3.63, 3.8) is 0 Å². The molecule has 2 heterocycles. The second-order valence-corrected chi connectivity index (χ2v) is 10.8. The molecule has 42 heavy (non-hydrogen) atoms. The minimum atomic E-state index is 0.0716. The fourth-order valence-electron chi connectivity index (χ4n) is 5.22. The number of hydrogen-bond donors (Lipinski definition) is 2. The van der Waals surface area contributed by atoms with Crippen molar-refractivity contribution >= 4 is 5.78 Å². The van der Waals surface area contributed by atoms with Gasteiger partial charge in [-0.3, -0.25) is 4.79 Å². The van der Waals surface area contributed by atoms with Crippen LogP contribution in [0.3, 0.4) is 0 Å². The Balaban J connectivity index is 0.000000168. The minimum Gasteiger partial charge on any atom is -0.457 e. The zero-order valence-corrected chi connectivity index (χ0v) is 24.7. The van der Waals surface area contributed by atoms with E-state index in [2.05, 4.69) is 48.7 Å². The van der Waals surface area contributed by atoms with Crippen LogP contribution >= 0.6 is 0 Å². The summed E-state index contributed by atoms with van der Waals surface area (Å²) in [5, 5.41) is 6.66. The van der Waals surface area contributed by atoms with Crippen molar-refractivity contribution in [1.82, 2.24) is 10.6 Å². The van der Waals surface area contributed by atoms with Gasteiger partial charge in [-0.2, -0.15) is 0 Å². The van der Waals surface area contributed by atoms with Gasteiger partial charge in [0.05, 0.1) is 25.4 Å². The molecule has 2 saturated heterocycles. The lowest BCUT2D eigenvalue weighted by molar-refractivity contribution is 0.0276. The number of benzene rings is 4. The van der Waals surface area contributed by atoms with Gasteiger partial charge in [-0.05, 0) is 60.7 Å². The first kappa shape index (κ1) is 29.7. The van der Waals surface area contributed by atoms with Crippen LogP contribution in [0.4, 0.5) is 0 Å². The fraction of sp³-hybridized carbons (Fsp3) is 0.306. The molecule has 6 nitrogen and oxygen atoms in total. The average molecular weight is 565 g/mol. The average Bonchev–Trinajstić information content (AvgIpc) is 3.04. The van der Waals surface area contributed by atoms with Gasteiger partial charge in [-0.1, -0.05) is 78.9 Å². The molecule has 218 valence electrons. The van der Waals surface area contributed by atoms with Crippen molar-refractivity contribution in [2.24, 2.45) is 0 Å². The van der Waals surface area contributed by atoms with E-state index in [-0.39, 0.29) is 18.0 Å². The number of carbonyl (C=O) groups is 1. The van der Waals surface area contributed by atoms with E-state index in [0.29, 0.717) is 0 Å². The van der Waals surface area contributed by atoms with Crippen LogP contribution in [0, 0.1) is 20.8 Å². The monoisotopic (exact) mass is 564 g/mol. The largest absolute Gasteiger partial charge is 0.457 e. The topological polar surface area (TPSA) is 68.8 Å². The summed E-state index contributed by atoms with van der Waals surface area (Å²) in [5.74, 6) is 1.88. The number of nitrogens with one attached hydrogen (secondary N) is 2. The fourth-order valence-corrected chi connectivity index (χ4v) is 5.22. The number of ether oxygens (including phenoxy) is 3. The summed E-state index contributed by atoms with van der Waals surface area (Å²) < 4.78 is 17.5. The van der Waals surface area contributed by atoms with Crippen LogP contribution in [-0.4, -0.2) is 45.2 Å². The molecule has 2 aliphatic heterocycles. The molecule has 6 rings (SSSR count). The van der Waals surface area contributed by atoms with E-state index in [1.807, 2.05) is 73.7 Å². The Morgan fingerprint density at radius 3 is 1.71 bits per heavy atom. The summed E-state index contributed by atoms with van der Waals surface area (Å²) in [4.78, 5) is 12.5. The molecule has 2 atom stereocenters. The lowest BCUT2D eigenvalue weighted by Gasteiger charge is -2.24. The lowest BCUT2D eigenvalue weighted by atomic mass is 9.97. The highest BCUT2D eigenvalue weighted by Crippen LogP contribution is 2.30. The van der Waals surface area contributed by atoms with Crippen molar-refractivity contribution in [3.8, 4) is 11.5 Å². The molecule has 2 unspecified atom stereocenters. The van der Waals surface area contributed by atoms with Crippen LogP contribution in [0.2, 0.25) is 0 Å². The molecular formula is C36H40N2O4. The number of hydrogen-bond acceptors (Lipinski definition) is 6. The van der Waals surface area contributed by atoms with E-state index < -0.39 is 0 Å². The lowest BCUT2D eigenvalue weighted by Crippen LogP contribution is -2.33. The molecule has 0 bridgehead atoms. The summed E-state index contributed by atoms with van der Waals surface area (Å²) >= 11 is 0. The first-order valence-corrected chi connectivity index (χ1v) is 14.7. The van der Waals surface area contributed by atoms with Crippen LogP contribution in [-0.2, 0) is 9.47 Å². The number of aryl methyl sites for hydroxylation is 3. The Bertz CT molecular complexity index is 1430. The van der Waals surface area contributed by atoms with E-state index in [0.717, 1.165) is 84.3 Å². The number of rotatable bonds is 6. The highest BCUT2D eigenvalue weighted by Gasteiger charge is 2.17. The predicted octanol–water partition coefficient (Wildman–Crippen LogP) is 6.64. The third kappa shape index (κ3) is 7.52. The van der Waals surface area contributed by atoms with Gasteiger partial charge in [0.2, 0.25) is 0 Å². The summed E-state index contributed by atoms with van der Waals surface area (Å²) in [6.07, 6.45) is 0.231. The number of morpholine rings is 2. The van der Waals surface area contributed by atoms with E-state index in [1.54, 1.807) is 0 Å². The van der Waals surface area contributed by atoms with Gasteiger partial charge in [0, 0.05) is 37.3 Å². The van der Waals surface area contributed by atoms with Crippen molar-refractivity contribution in [2.75, 3.05) is 39.4 Å². The Kier molecular flexibility index (Phi) is 10.2. The van der Waals surface area contributed by atoms with Crippen LogP contribution in [0.5, 0.6) is 11.5 Å². The Hall–Kier alpha value is -3.81. The summed E-state index contributed by atoms with van der Waals surface area (Å²) in [5.41, 5.74) is 7.10. The van der Waals surface area contributed by atoms with Gasteiger partial charge in [0.1, 0.15) is 11.5 Å². The maximum Gasteiger partial charge on any atom is 0.193 e. The quantitative estimate of drug-likeness (QED) is 0.256. The standard InChI is InChI=1S/C18H21NO2.C18H19NO2/c1-13-4-3-5-14(2)18(13)21-16-8-6-15(7-9-16)17-12-19-10-11-20-17;1-13-4-2-3-5-16(13)18(20)15-8-6-14(7-9-15)17-12-19-10-11-21-17/h3-9,17,19H,10-12H2,1-2H3;2-9,17,19H,10-12H2,1H3.